The van der Waals surface area contributed by atoms with Crippen molar-refractivity contribution < 1.29 is 14.7 Å². The molecular formula is C12H8Cl2N2O3S. The minimum Gasteiger partial charge on any atom is -0.478 e. The molecule has 1 aromatic carbocycles. The number of hydrogen-bond acceptors (Lipinski definition) is 4. The fraction of sp³-hybridized carbons (Fsp3) is 0.0833. The van der Waals surface area contributed by atoms with E-state index in [1.165, 1.54) is 18.2 Å². The van der Waals surface area contributed by atoms with E-state index in [2.05, 4.69) is 9.69 Å². The second-order valence-corrected chi connectivity index (χ2v) is 5.45. The summed E-state index contributed by atoms with van der Waals surface area (Å²) in [6, 6.07) is 4.40. The minimum absolute atomic E-state index is 0.0107. The second-order valence-electron chi connectivity index (χ2n) is 3.86. The van der Waals surface area contributed by atoms with Crippen molar-refractivity contribution in [2.45, 2.75) is 6.92 Å². The van der Waals surface area contributed by atoms with Gasteiger partial charge in [0.25, 0.3) is 5.91 Å². The van der Waals surface area contributed by atoms with Gasteiger partial charge in [-0.25, -0.2) is 4.79 Å². The number of aryl methyl sites for hydroxylation is 1. The molecule has 0 atom stereocenters. The van der Waals surface area contributed by atoms with Crippen molar-refractivity contribution in [1.29, 1.82) is 0 Å². The molecule has 2 N–H and O–H groups in total. The van der Waals surface area contributed by atoms with Crippen molar-refractivity contribution in [3.05, 3.63) is 45.1 Å². The molecule has 0 aliphatic rings. The SMILES string of the molecule is Cc1nsc(NC(=O)c2ccc(Cl)c(Cl)c2)c1C(=O)O. The van der Waals surface area contributed by atoms with Crippen LogP contribution < -0.4 is 5.32 Å². The van der Waals surface area contributed by atoms with Crippen LogP contribution in [-0.2, 0) is 0 Å². The summed E-state index contributed by atoms with van der Waals surface area (Å²) in [7, 11) is 0. The summed E-state index contributed by atoms with van der Waals surface area (Å²) in [4.78, 5) is 23.1. The first-order valence-corrected chi connectivity index (χ1v) is 6.89. The number of benzene rings is 1. The lowest BCUT2D eigenvalue weighted by molar-refractivity contribution is 0.0697. The average molecular weight is 331 g/mol. The highest BCUT2D eigenvalue weighted by Gasteiger charge is 2.20. The number of nitrogens with zero attached hydrogens (tertiary/aromatic N) is 1. The number of aromatic carboxylic acids is 1. The number of carbonyl (C=O) groups is 2. The van der Waals surface area contributed by atoms with Crippen LogP contribution >= 0.6 is 34.7 Å². The number of carboxylic acid groups (broad SMARTS) is 1. The summed E-state index contributed by atoms with van der Waals surface area (Å²) >= 11 is 12.5. The minimum atomic E-state index is -1.14. The Morgan fingerprint density at radius 3 is 2.60 bits per heavy atom. The normalized spacial score (nSPS) is 10.3. The Hall–Kier alpha value is -1.63. The van der Waals surface area contributed by atoms with Crippen LogP contribution in [0.15, 0.2) is 18.2 Å². The van der Waals surface area contributed by atoms with E-state index in [-0.39, 0.29) is 21.2 Å². The van der Waals surface area contributed by atoms with Gasteiger partial charge in [-0.05, 0) is 36.7 Å². The van der Waals surface area contributed by atoms with E-state index in [9.17, 15) is 9.59 Å². The molecule has 0 saturated heterocycles. The highest BCUT2D eigenvalue weighted by molar-refractivity contribution is 7.11. The topological polar surface area (TPSA) is 79.3 Å². The van der Waals surface area contributed by atoms with Gasteiger partial charge in [-0.15, -0.1) is 0 Å². The van der Waals surface area contributed by atoms with E-state index in [1.807, 2.05) is 0 Å². The van der Waals surface area contributed by atoms with E-state index >= 15 is 0 Å². The van der Waals surface area contributed by atoms with E-state index in [1.54, 1.807) is 6.92 Å². The van der Waals surface area contributed by atoms with E-state index in [0.29, 0.717) is 10.7 Å². The molecule has 8 heteroatoms. The second kappa shape index (κ2) is 5.78. The third-order valence-electron chi connectivity index (χ3n) is 2.49. The molecule has 0 spiro atoms. The number of amides is 1. The number of carbonyl (C=O) groups excluding carboxylic acids is 1. The molecule has 1 amide bonds. The lowest BCUT2D eigenvalue weighted by atomic mass is 10.2. The number of aromatic nitrogens is 1. The number of rotatable bonds is 3. The van der Waals surface area contributed by atoms with Crippen LogP contribution in [0.3, 0.4) is 0 Å². The fourth-order valence-electron chi connectivity index (χ4n) is 1.52. The molecule has 0 radical (unpaired) electrons. The summed E-state index contributed by atoms with van der Waals surface area (Å²) in [6.45, 7) is 1.56. The first-order chi connectivity index (χ1) is 9.40. The van der Waals surface area contributed by atoms with E-state index in [0.717, 1.165) is 11.5 Å². The highest BCUT2D eigenvalue weighted by Crippen LogP contribution is 2.26. The van der Waals surface area contributed by atoms with Gasteiger partial charge in [0.05, 0.1) is 15.7 Å². The van der Waals surface area contributed by atoms with Gasteiger partial charge in [-0.1, -0.05) is 23.2 Å². The number of anilines is 1. The number of hydrogen-bond donors (Lipinski definition) is 2. The molecule has 0 aliphatic heterocycles. The van der Waals surface area contributed by atoms with E-state index < -0.39 is 11.9 Å². The van der Waals surface area contributed by atoms with Crippen LogP contribution in [0.25, 0.3) is 0 Å². The first-order valence-electron chi connectivity index (χ1n) is 5.36. The van der Waals surface area contributed by atoms with Crippen molar-refractivity contribution in [2.75, 3.05) is 5.32 Å². The maximum Gasteiger partial charge on any atom is 0.340 e. The number of nitrogens with one attached hydrogen (secondary N) is 1. The summed E-state index contributed by atoms with van der Waals surface area (Å²) in [5, 5.41) is 12.4. The maximum absolute atomic E-state index is 12.0. The van der Waals surface area contributed by atoms with Crippen molar-refractivity contribution >= 4 is 51.6 Å². The molecule has 0 bridgehead atoms. The summed E-state index contributed by atoms with van der Waals surface area (Å²) < 4.78 is 3.92. The van der Waals surface area contributed by atoms with Crippen LogP contribution in [0.2, 0.25) is 10.0 Å². The van der Waals surface area contributed by atoms with Gasteiger partial charge >= 0.3 is 5.97 Å². The molecule has 0 unspecified atom stereocenters. The zero-order valence-corrected chi connectivity index (χ0v) is 12.4. The van der Waals surface area contributed by atoms with Crippen LogP contribution in [0.5, 0.6) is 0 Å². The van der Waals surface area contributed by atoms with Crippen molar-refractivity contribution in [3.8, 4) is 0 Å². The Bertz CT molecular complexity index is 700. The standard InChI is InChI=1S/C12H8Cl2N2O3S/c1-5-9(12(18)19)11(20-16-5)15-10(17)6-2-3-7(13)8(14)4-6/h2-4H,1H3,(H,15,17)(H,18,19). The van der Waals surface area contributed by atoms with Gasteiger partial charge in [0, 0.05) is 5.56 Å². The first kappa shape index (κ1) is 14.8. The summed E-state index contributed by atoms with van der Waals surface area (Å²) in [5.74, 6) is -1.62. The maximum atomic E-state index is 12.0. The van der Waals surface area contributed by atoms with Gasteiger partial charge < -0.3 is 10.4 Å². The summed E-state index contributed by atoms with van der Waals surface area (Å²) in [6.07, 6.45) is 0. The Kier molecular flexibility index (Phi) is 4.27. The lowest BCUT2D eigenvalue weighted by Gasteiger charge is -2.05. The van der Waals surface area contributed by atoms with Crippen LogP contribution in [0.4, 0.5) is 5.00 Å². The number of carboxylic acids is 1. The largest absolute Gasteiger partial charge is 0.478 e. The highest BCUT2D eigenvalue weighted by atomic mass is 35.5. The van der Waals surface area contributed by atoms with Crippen LogP contribution in [0, 0.1) is 6.92 Å². The smallest absolute Gasteiger partial charge is 0.340 e. The van der Waals surface area contributed by atoms with Gasteiger partial charge in [0.2, 0.25) is 0 Å². The molecule has 2 rings (SSSR count). The summed E-state index contributed by atoms with van der Waals surface area (Å²) in [5.41, 5.74) is 0.622. The van der Waals surface area contributed by atoms with Crippen molar-refractivity contribution in [2.24, 2.45) is 0 Å². The Morgan fingerprint density at radius 2 is 2.00 bits per heavy atom. The molecule has 2 aromatic rings. The zero-order chi connectivity index (χ0) is 14.9. The van der Waals surface area contributed by atoms with Crippen LogP contribution in [0.1, 0.15) is 26.4 Å². The Labute approximate surface area is 128 Å². The predicted octanol–water partition coefficient (Wildman–Crippen LogP) is 3.71. The molecule has 104 valence electrons. The van der Waals surface area contributed by atoms with Gasteiger partial charge in [0.1, 0.15) is 10.6 Å². The Morgan fingerprint density at radius 1 is 1.30 bits per heavy atom. The van der Waals surface area contributed by atoms with Gasteiger partial charge in [-0.3, -0.25) is 4.79 Å². The predicted molar refractivity (Wildman–Crippen MR) is 78.2 cm³/mol. The molecule has 1 heterocycles. The average Bonchev–Trinajstić information content (AvgIpc) is 2.73. The molecule has 0 aliphatic carbocycles. The van der Waals surface area contributed by atoms with Crippen molar-refractivity contribution in [3.63, 3.8) is 0 Å². The van der Waals surface area contributed by atoms with E-state index in [4.69, 9.17) is 28.3 Å². The zero-order valence-electron chi connectivity index (χ0n) is 10.1. The molecule has 1 aromatic heterocycles. The molecule has 5 nitrogen and oxygen atoms in total. The molecule has 0 fully saturated rings. The molecule has 0 saturated carbocycles. The third-order valence-corrected chi connectivity index (χ3v) is 4.08. The third kappa shape index (κ3) is 2.92. The Balaban J connectivity index is 2.28. The number of halogens is 2. The lowest BCUT2D eigenvalue weighted by Crippen LogP contribution is -2.13. The van der Waals surface area contributed by atoms with Gasteiger partial charge in [0.15, 0.2) is 0 Å². The monoisotopic (exact) mass is 330 g/mol. The fourth-order valence-corrected chi connectivity index (χ4v) is 2.60. The van der Waals surface area contributed by atoms with Crippen molar-refractivity contribution in [1.82, 2.24) is 4.37 Å². The molecule has 20 heavy (non-hydrogen) atoms. The molecular weight excluding hydrogens is 323 g/mol. The van der Waals surface area contributed by atoms with Gasteiger partial charge in [-0.2, -0.15) is 4.37 Å². The quantitative estimate of drug-likeness (QED) is 0.899. The van der Waals surface area contributed by atoms with Crippen LogP contribution in [-0.4, -0.2) is 21.4 Å².